The van der Waals surface area contributed by atoms with Crippen LogP contribution in [0, 0.1) is 18.8 Å². The molecule has 0 spiro atoms. The molecule has 216 valence electrons. The van der Waals surface area contributed by atoms with Crippen molar-refractivity contribution < 1.29 is 0 Å². The van der Waals surface area contributed by atoms with Crippen LogP contribution < -0.4 is 26.2 Å². The van der Waals surface area contributed by atoms with Crippen LogP contribution in [0.5, 0.6) is 0 Å². The first-order chi connectivity index (χ1) is 21.7. The van der Waals surface area contributed by atoms with Crippen molar-refractivity contribution in [1.29, 1.82) is 0 Å². The average Bonchev–Trinajstić information content (AvgIpc) is 3.07. The first-order valence-corrected chi connectivity index (χ1v) is 16.3. The van der Waals surface area contributed by atoms with E-state index in [9.17, 15) is 0 Å². The van der Waals surface area contributed by atoms with E-state index in [1.807, 2.05) is 0 Å². The van der Waals surface area contributed by atoms with Crippen molar-refractivity contribution in [3.63, 3.8) is 0 Å². The second kappa shape index (κ2) is 11.1. The molecule has 3 aromatic rings. The van der Waals surface area contributed by atoms with Crippen LogP contribution in [0.2, 0.25) is 0 Å². The summed E-state index contributed by atoms with van der Waals surface area (Å²) in [5.41, 5.74) is 14.2. The number of fused-ring (bicyclic) bond motifs is 3. The van der Waals surface area contributed by atoms with E-state index in [1.54, 1.807) is 0 Å². The molecule has 0 saturated carbocycles. The second-order valence-electron chi connectivity index (χ2n) is 12.8. The van der Waals surface area contributed by atoms with Gasteiger partial charge in [-0.15, -0.1) is 0 Å². The normalized spacial score (nSPS) is 22.2. The highest BCUT2D eigenvalue weighted by Gasteiger charge is 2.34. The molecule has 1 nitrogen and oxygen atoms in total. The van der Waals surface area contributed by atoms with E-state index < -0.39 is 0 Å². The molecule has 0 bridgehead atoms. The molecule has 0 aromatic heterocycles. The Hall–Kier alpha value is -4.62. The topological polar surface area (TPSA) is 12.0 Å². The SMILES string of the molecule is CC1=CCNC(C2=CC=C(C3=c4ccccc4=C(C4=c5ccccc5=C(c5ccc(C)cc5)CC4)C4C=CC=CC34)CC2)=C1. The summed E-state index contributed by atoms with van der Waals surface area (Å²) in [6.07, 6.45) is 23.1. The fourth-order valence-electron chi connectivity index (χ4n) is 8.04. The summed E-state index contributed by atoms with van der Waals surface area (Å²) in [6.45, 7) is 5.28. The highest BCUT2D eigenvalue weighted by molar-refractivity contribution is 5.95. The van der Waals surface area contributed by atoms with Gasteiger partial charge in [-0.25, -0.2) is 0 Å². The maximum atomic E-state index is 3.59. The number of nitrogens with one attached hydrogen (secondary N) is 1. The van der Waals surface area contributed by atoms with Crippen molar-refractivity contribution in [2.75, 3.05) is 6.54 Å². The van der Waals surface area contributed by atoms with Gasteiger partial charge in [0.2, 0.25) is 0 Å². The first kappa shape index (κ1) is 27.0. The van der Waals surface area contributed by atoms with Crippen molar-refractivity contribution in [1.82, 2.24) is 5.32 Å². The molecule has 0 amide bonds. The third kappa shape index (κ3) is 4.63. The molecule has 0 fully saturated rings. The Kier molecular flexibility index (Phi) is 6.83. The average molecular weight is 570 g/mol. The lowest BCUT2D eigenvalue weighted by molar-refractivity contribution is 0.679. The Morgan fingerprint density at radius 2 is 1.18 bits per heavy atom. The second-order valence-corrected chi connectivity index (χ2v) is 12.8. The van der Waals surface area contributed by atoms with Crippen molar-refractivity contribution in [2.24, 2.45) is 11.8 Å². The smallest absolute Gasteiger partial charge is 0.0377 e. The van der Waals surface area contributed by atoms with Crippen LogP contribution in [0.1, 0.15) is 43.7 Å². The standard InChI is InChI=1S/C43H39N/c1-28-15-17-30(18-16-28)33-23-24-40(35-10-4-3-9-34(33)35)43-38-13-7-5-11-36(38)42(37-12-6-8-14-39(37)43)32-21-19-31(20-22-32)41-27-29(2)25-26-44-41/h3-19,21,25,27,36,38,44H,20,22-24,26H2,1-2H3. The lowest BCUT2D eigenvalue weighted by Gasteiger charge is -2.36. The minimum atomic E-state index is 0.329. The van der Waals surface area contributed by atoms with Gasteiger partial charge in [0, 0.05) is 24.1 Å². The first-order valence-electron chi connectivity index (χ1n) is 16.3. The molecule has 0 saturated heterocycles. The van der Waals surface area contributed by atoms with E-state index in [0.717, 1.165) is 32.2 Å². The molecule has 1 heteroatoms. The van der Waals surface area contributed by atoms with Crippen LogP contribution in [-0.2, 0) is 0 Å². The predicted octanol–water partition coefficient (Wildman–Crippen LogP) is 6.59. The largest absolute Gasteiger partial charge is 0.381 e. The molecule has 2 atom stereocenters. The van der Waals surface area contributed by atoms with Crippen molar-refractivity contribution in [3.05, 3.63) is 176 Å². The van der Waals surface area contributed by atoms with E-state index in [4.69, 9.17) is 0 Å². The number of aryl methyl sites for hydroxylation is 1. The summed E-state index contributed by atoms with van der Waals surface area (Å²) in [4.78, 5) is 0. The van der Waals surface area contributed by atoms with Gasteiger partial charge in [-0.1, -0.05) is 126 Å². The molecule has 1 heterocycles. The molecule has 4 aliphatic carbocycles. The molecule has 3 aromatic carbocycles. The van der Waals surface area contributed by atoms with E-state index in [0.29, 0.717) is 11.8 Å². The number of hydrogen-bond donors (Lipinski definition) is 1. The van der Waals surface area contributed by atoms with Crippen LogP contribution in [-0.4, -0.2) is 6.54 Å². The molecular weight excluding hydrogens is 530 g/mol. The maximum absolute atomic E-state index is 3.59. The van der Waals surface area contributed by atoms with Crippen LogP contribution in [0.25, 0.3) is 22.3 Å². The zero-order chi connectivity index (χ0) is 29.6. The maximum Gasteiger partial charge on any atom is 0.0377 e. The van der Waals surface area contributed by atoms with Gasteiger partial charge in [-0.05, 0) is 105 Å². The third-order valence-corrected chi connectivity index (χ3v) is 10.2. The van der Waals surface area contributed by atoms with Crippen molar-refractivity contribution in [2.45, 2.75) is 39.5 Å². The molecule has 1 aliphatic heterocycles. The minimum absolute atomic E-state index is 0.329. The van der Waals surface area contributed by atoms with Crippen molar-refractivity contribution >= 4 is 22.3 Å². The summed E-state index contributed by atoms with van der Waals surface area (Å²) >= 11 is 0. The van der Waals surface area contributed by atoms with Crippen molar-refractivity contribution in [3.8, 4) is 0 Å². The summed E-state index contributed by atoms with van der Waals surface area (Å²) < 4.78 is 0. The van der Waals surface area contributed by atoms with E-state index >= 15 is 0 Å². The van der Waals surface area contributed by atoms with Gasteiger partial charge in [0.15, 0.2) is 0 Å². The Bertz CT molecular complexity index is 2120. The van der Waals surface area contributed by atoms with Gasteiger partial charge in [0.25, 0.3) is 0 Å². The summed E-state index contributed by atoms with van der Waals surface area (Å²) in [5, 5.41) is 9.23. The number of allylic oxidation sites excluding steroid dienone is 10. The molecule has 8 rings (SSSR count). The zero-order valence-electron chi connectivity index (χ0n) is 25.7. The van der Waals surface area contributed by atoms with Crippen LogP contribution in [0.4, 0.5) is 0 Å². The molecule has 1 N–H and O–H groups in total. The fraction of sp³-hybridized carbons (Fsp3) is 0.209. The van der Waals surface area contributed by atoms with Gasteiger partial charge in [0.05, 0.1) is 0 Å². The molecule has 5 aliphatic rings. The summed E-state index contributed by atoms with van der Waals surface area (Å²) in [6, 6.07) is 27.5. The zero-order valence-corrected chi connectivity index (χ0v) is 25.7. The molecule has 44 heavy (non-hydrogen) atoms. The Balaban J connectivity index is 1.37. The quantitative estimate of drug-likeness (QED) is 0.374. The lowest BCUT2D eigenvalue weighted by atomic mass is 9.67. The van der Waals surface area contributed by atoms with Gasteiger partial charge in [-0.3, -0.25) is 0 Å². The number of rotatable bonds is 4. The van der Waals surface area contributed by atoms with Crippen LogP contribution >= 0.6 is 0 Å². The third-order valence-electron chi connectivity index (χ3n) is 10.2. The highest BCUT2D eigenvalue weighted by Crippen LogP contribution is 2.44. The Morgan fingerprint density at radius 3 is 1.86 bits per heavy atom. The van der Waals surface area contributed by atoms with E-state index in [-0.39, 0.29) is 0 Å². The molecule has 2 unspecified atom stereocenters. The fourth-order valence-corrected chi connectivity index (χ4v) is 8.04. The molecular formula is C43H39N. The van der Waals surface area contributed by atoms with Gasteiger partial charge in [0.1, 0.15) is 0 Å². The monoisotopic (exact) mass is 569 g/mol. The number of hydrogen-bond acceptors (Lipinski definition) is 1. The Morgan fingerprint density at radius 1 is 0.591 bits per heavy atom. The predicted molar refractivity (Wildman–Crippen MR) is 185 cm³/mol. The lowest BCUT2D eigenvalue weighted by Crippen LogP contribution is -2.43. The highest BCUT2D eigenvalue weighted by atomic mass is 14.9. The summed E-state index contributed by atoms with van der Waals surface area (Å²) in [7, 11) is 0. The van der Waals surface area contributed by atoms with E-state index in [1.165, 1.54) is 76.7 Å². The van der Waals surface area contributed by atoms with Crippen LogP contribution in [0.3, 0.4) is 0 Å². The number of benzene rings is 3. The van der Waals surface area contributed by atoms with Gasteiger partial charge < -0.3 is 5.32 Å². The Labute approximate surface area is 260 Å². The minimum Gasteiger partial charge on any atom is -0.381 e. The van der Waals surface area contributed by atoms with Gasteiger partial charge in [-0.2, -0.15) is 0 Å². The van der Waals surface area contributed by atoms with Gasteiger partial charge >= 0.3 is 0 Å². The van der Waals surface area contributed by atoms with E-state index in [2.05, 4.69) is 141 Å². The number of dihydropyridines is 1. The summed E-state index contributed by atoms with van der Waals surface area (Å²) in [5.74, 6) is 0.668. The molecule has 0 radical (unpaired) electrons. The van der Waals surface area contributed by atoms with Crippen LogP contribution in [0.15, 0.2) is 144 Å².